The van der Waals surface area contributed by atoms with E-state index in [1.165, 1.54) is 13.2 Å². The van der Waals surface area contributed by atoms with E-state index in [-0.39, 0.29) is 11.1 Å². The van der Waals surface area contributed by atoms with Crippen molar-refractivity contribution in [2.24, 2.45) is 7.05 Å². The summed E-state index contributed by atoms with van der Waals surface area (Å²) in [5, 5.41) is 0.566. The molecular weight excluding hydrogens is 336 g/mol. The molecule has 2 heterocycles. The second-order valence-corrected chi connectivity index (χ2v) is 5.72. The minimum atomic E-state index is -0.793. The summed E-state index contributed by atoms with van der Waals surface area (Å²) in [4.78, 5) is 28.9. The van der Waals surface area contributed by atoms with E-state index in [1.54, 1.807) is 42.7 Å². The van der Waals surface area contributed by atoms with Gasteiger partial charge in [-0.3, -0.25) is 0 Å². The fourth-order valence-electron chi connectivity index (χ4n) is 2.76. The number of imidazole rings is 1. The van der Waals surface area contributed by atoms with E-state index in [2.05, 4.69) is 4.98 Å². The Bertz CT molecular complexity index is 1210. The lowest BCUT2D eigenvalue weighted by Gasteiger charge is -2.06. The van der Waals surface area contributed by atoms with Gasteiger partial charge in [-0.1, -0.05) is 12.1 Å². The van der Waals surface area contributed by atoms with E-state index < -0.39 is 11.6 Å². The molecule has 0 aliphatic rings. The van der Waals surface area contributed by atoms with Crippen LogP contribution in [0.3, 0.4) is 0 Å². The summed E-state index contributed by atoms with van der Waals surface area (Å²) in [5.74, 6) is -0.0785. The number of para-hydroxylation sites is 1. The number of aromatic nitrogens is 2. The largest absolute Gasteiger partial charge is 0.493 e. The topological polar surface area (TPSA) is 83.6 Å². The van der Waals surface area contributed by atoms with Crippen molar-refractivity contribution in [2.45, 2.75) is 0 Å². The van der Waals surface area contributed by atoms with E-state index in [4.69, 9.17) is 13.9 Å². The molecule has 0 atom stereocenters. The van der Waals surface area contributed by atoms with E-state index in [9.17, 15) is 9.59 Å². The van der Waals surface area contributed by atoms with Gasteiger partial charge in [0, 0.05) is 18.5 Å². The SMILES string of the molecule is COc1cccc2cc(C(=O)Oc3ccc4c(c3)ncn4C)c(=O)oc12. The molecule has 0 unspecified atom stereocenters. The van der Waals surface area contributed by atoms with Crippen LogP contribution in [0.25, 0.3) is 22.0 Å². The fraction of sp³-hybridized carbons (Fsp3) is 0.105. The van der Waals surface area contributed by atoms with Crippen LogP contribution in [0.5, 0.6) is 11.5 Å². The standard InChI is InChI=1S/C19H14N2O5/c1-21-10-20-14-9-12(6-7-15(14)21)25-18(22)13-8-11-4-3-5-16(24-2)17(11)26-19(13)23/h3-10H,1-2H3. The van der Waals surface area contributed by atoms with Gasteiger partial charge in [-0.15, -0.1) is 0 Å². The molecule has 0 fully saturated rings. The Kier molecular flexibility index (Phi) is 3.69. The quantitative estimate of drug-likeness (QED) is 0.321. The molecule has 130 valence electrons. The normalized spacial score (nSPS) is 11.0. The van der Waals surface area contributed by atoms with Crippen LogP contribution in [0.4, 0.5) is 0 Å². The maximum atomic E-state index is 12.4. The lowest BCUT2D eigenvalue weighted by molar-refractivity contribution is 0.0730. The zero-order valence-electron chi connectivity index (χ0n) is 14.1. The van der Waals surface area contributed by atoms with Crippen LogP contribution < -0.4 is 15.1 Å². The highest BCUT2D eigenvalue weighted by Crippen LogP contribution is 2.25. The van der Waals surface area contributed by atoms with Crippen molar-refractivity contribution < 1.29 is 18.7 Å². The average molecular weight is 350 g/mol. The highest BCUT2D eigenvalue weighted by Gasteiger charge is 2.18. The van der Waals surface area contributed by atoms with Gasteiger partial charge in [0.2, 0.25) is 0 Å². The van der Waals surface area contributed by atoms with Crippen LogP contribution in [0.2, 0.25) is 0 Å². The molecule has 4 rings (SSSR count). The molecule has 4 aromatic rings. The predicted molar refractivity (Wildman–Crippen MR) is 94.7 cm³/mol. The molecule has 0 saturated heterocycles. The van der Waals surface area contributed by atoms with Crippen LogP contribution in [-0.2, 0) is 7.05 Å². The van der Waals surface area contributed by atoms with Crippen molar-refractivity contribution in [2.75, 3.05) is 7.11 Å². The molecule has 0 radical (unpaired) electrons. The molecule has 0 aliphatic carbocycles. The highest BCUT2D eigenvalue weighted by molar-refractivity contribution is 5.95. The van der Waals surface area contributed by atoms with Gasteiger partial charge in [0.15, 0.2) is 11.3 Å². The maximum Gasteiger partial charge on any atom is 0.351 e. The van der Waals surface area contributed by atoms with Crippen LogP contribution in [0, 0.1) is 0 Å². The molecule has 7 heteroatoms. The Morgan fingerprint density at radius 2 is 2.04 bits per heavy atom. The van der Waals surface area contributed by atoms with Gasteiger partial charge in [-0.2, -0.15) is 0 Å². The molecule has 0 N–H and O–H groups in total. The van der Waals surface area contributed by atoms with Gasteiger partial charge in [0.1, 0.15) is 11.3 Å². The lowest BCUT2D eigenvalue weighted by Crippen LogP contribution is -2.18. The number of ether oxygens (including phenoxy) is 2. The Morgan fingerprint density at radius 3 is 2.85 bits per heavy atom. The second-order valence-electron chi connectivity index (χ2n) is 5.72. The summed E-state index contributed by atoms with van der Waals surface area (Å²) in [5.41, 5.74) is 0.902. The molecule has 26 heavy (non-hydrogen) atoms. The number of carbonyl (C=O) groups is 1. The third kappa shape index (κ3) is 2.59. The number of methoxy groups -OCH3 is 1. The molecular formula is C19H14N2O5. The number of benzene rings is 2. The minimum Gasteiger partial charge on any atom is -0.493 e. The molecule has 0 spiro atoms. The van der Waals surface area contributed by atoms with E-state index in [0.717, 1.165) is 5.52 Å². The van der Waals surface area contributed by atoms with Gasteiger partial charge in [-0.05, 0) is 24.3 Å². The number of hydrogen-bond acceptors (Lipinski definition) is 6. The average Bonchev–Trinajstić information content (AvgIpc) is 3.01. The third-order valence-electron chi connectivity index (χ3n) is 4.07. The summed E-state index contributed by atoms with van der Waals surface area (Å²) in [7, 11) is 3.35. The summed E-state index contributed by atoms with van der Waals surface area (Å²) < 4.78 is 17.6. The van der Waals surface area contributed by atoms with Gasteiger partial charge >= 0.3 is 11.6 Å². The van der Waals surface area contributed by atoms with Crippen molar-refractivity contribution in [3.8, 4) is 11.5 Å². The predicted octanol–water partition coefficient (Wildman–Crippen LogP) is 2.91. The van der Waals surface area contributed by atoms with E-state index >= 15 is 0 Å². The van der Waals surface area contributed by atoms with Gasteiger partial charge < -0.3 is 18.5 Å². The number of esters is 1. The summed E-state index contributed by atoms with van der Waals surface area (Å²) in [6.07, 6.45) is 1.67. The second kappa shape index (κ2) is 6.03. The Labute approximate surface area is 147 Å². The zero-order chi connectivity index (χ0) is 18.3. The van der Waals surface area contributed by atoms with Crippen LogP contribution >= 0.6 is 0 Å². The van der Waals surface area contributed by atoms with Crippen LogP contribution in [-0.4, -0.2) is 22.6 Å². The van der Waals surface area contributed by atoms with Gasteiger partial charge in [-0.25, -0.2) is 14.6 Å². The van der Waals surface area contributed by atoms with Crippen molar-refractivity contribution in [1.82, 2.24) is 9.55 Å². The monoisotopic (exact) mass is 350 g/mol. The Balaban J connectivity index is 1.71. The number of rotatable bonds is 3. The molecule has 0 bridgehead atoms. The first-order chi connectivity index (χ1) is 12.6. The van der Waals surface area contributed by atoms with Crippen molar-refractivity contribution >= 4 is 28.0 Å². The number of carbonyl (C=O) groups excluding carboxylic acids is 1. The highest BCUT2D eigenvalue weighted by atomic mass is 16.5. The summed E-state index contributed by atoms with van der Waals surface area (Å²) in [6.45, 7) is 0. The van der Waals surface area contributed by atoms with E-state index in [1.807, 2.05) is 11.6 Å². The van der Waals surface area contributed by atoms with Crippen LogP contribution in [0.1, 0.15) is 10.4 Å². The van der Waals surface area contributed by atoms with Crippen molar-refractivity contribution in [3.05, 3.63) is 64.8 Å². The van der Waals surface area contributed by atoms with Crippen molar-refractivity contribution in [3.63, 3.8) is 0 Å². The molecule has 0 aliphatic heterocycles. The fourth-order valence-corrected chi connectivity index (χ4v) is 2.76. The first-order valence-electron chi connectivity index (χ1n) is 7.81. The number of hydrogen-bond donors (Lipinski definition) is 0. The summed E-state index contributed by atoms with van der Waals surface area (Å²) in [6, 6.07) is 11.6. The van der Waals surface area contributed by atoms with Gasteiger partial charge in [0.05, 0.1) is 24.5 Å². The molecule has 2 aromatic carbocycles. The molecule has 2 aromatic heterocycles. The summed E-state index contributed by atoms with van der Waals surface area (Å²) >= 11 is 0. The first kappa shape index (κ1) is 15.9. The molecule has 0 amide bonds. The number of fused-ring (bicyclic) bond motifs is 2. The molecule has 7 nitrogen and oxygen atoms in total. The van der Waals surface area contributed by atoms with Crippen LogP contribution in [0.15, 0.2) is 58.0 Å². The number of aryl methyl sites for hydroxylation is 1. The maximum absolute atomic E-state index is 12.4. The third-order valence-corrected chi connectivity index (χ3v) is 4.07. The van der Waals surface area contributed by atoms with Gasteiger partial charge in [0.25, 0.3) is 0 Å². The Morgan fingerprint density at radius 1 is 1.19 bits per heavy atom. The zero-order valence-corrected chi connectivity index (χ0v) is 14.1. The molecule has 0 saturated carbocycles. The first-order valence-corrected chi connectivity index (χ1v) is 7.81. The van der Waals surface area contributed by atoms with Crippen molar-refractivity contribution in [1.29, 1.82) is 0 Å². The number of nitrogens with zero attached hydrogens (tertiary/aromatic N) is 2. The minimum absolute atomic E-state index is 0.188. The lowest BCUT2D eigenvalue weighted by atomic mass is 10.2. The Hall–Kier alpha value is -3.61. The van der Waals surface area contributed by atoms with E-state index in [0.29, 0.717) is 22.4 Å². The smallest absolute Gasteiger partial charge is 0.351 e.